The van der Waals surface area contributed by atoms with E-state index in [4.69, 9.17) is 0 Å². The minimum absolute atomic E-state index is 0.0487. The van der Waals surface area contributed by atoms with Crippen LogP contribution < -0.4 is 0 Å². The molecule has 0 aromatic heterocycles. The maximum absolute atomic E-state index is 13.2. The van der Waals surface area contributed by atoms with Gasteiger partial charge in [-0.25, -0.2) is 4.39 Å². The second kappa shape index (κ2) is 7.59. The van der Waals surface area contributed by atoms with Gasteiger partial charge in [-0.1, -0.05) is 37.6 Å². The molecule has 2 atom stereocenters. The van der Waals surface area contributed by atoms with Crippen molar-refractivity contribution in [3.05, 3.63) is 47.3 Å². The largest absolute Gasteiger partial charge is 0.395 e. The van der Waals surface area contributed by atoms with Crippen molar-refractivity contribution in [1.29, 1.82) is 0 Å². The Kier molecular flexibility index (Phi) is 5.99. The maximum Gasteiger partial charge on any atom is 0.123 e. The molecule has 2 rings (SSSR count). The number of hydrogen-bond donors (Lipinski definition) is 1. The molecular formula is C20H30FNO. The summed E-state index contributed by atoms with van der Waals surface area (Å²) in [4.78, 5) is 2.44. The van der Waals surface area contributed by atoms with E-state index in [0.717, 1.165) is 31.4 Å². The lowest BCUT2D eigenvalue weighted by Gasteiger charge is -2.37. The number of nitrogens with zero attached hydrogens (tertiary/aromatic N) is 1. The fraction of sp³-hybridized carbons (Fsp3) is 0.600. The minimum atomic E-state index is -0.190. The van der Waals surface area contributed by atoms with Crippen LogP contribution in [0.4, 0.5) is 4.39 Å². The smallest absolute Gasteiger partial charge is 0.123 e. The van der Waals surface area contributed by atoms with E-state index in [1.807, 2.05) is 12.1 Å². The van der Waals surface area contributed by atoms with Gasteiger partial charge in [-0.2, -0.15) is 0 Å². The molecule has 2 nitrogen and oxygen atoms in total. The number of benzene rings is 1. The Morgan fingerprint density at radius 3 is 2.57 bits per heavy atom. The van der Waals surface area contributed by atoms with Crippen LogP contribution in [-0.4, -0.2) is 35.2 Å². The normalized spacial score (nSPS) is 20.5. The van der Waals surface area contributed by atoms with E-state index in [2.05, 4.69) is 38.7 Å². The molecule has 0 amide bonds. The van der Waals surface area contributed by atoms with Crippen molar-refractivity contribution >= 4 is 0 Å². The fourth-order valence-electron chi connectivity index (χ4n) is 3.69. The lowest BCUT2D eigenvalue weighted by molar-refractivity contribution is 0.123. The summed E-state index contributed by atoms with van der Waals surface area (Å²) in [6.45, 7) is 9.96. The molecule has 3 heteroatoms. The topological polar surface area (TPSA) is 23.5 Å². The third kappa shape index (κ3) is 4.65. The molecule has 0 bridgehead atoms. The lowest BCUT2D eigenvalue weighted by Crippen LogP contribution is -2.43. The monoisotopic (exact) mass is 319 g/mol. The van der Waals surface area contributed by atoms with Crippen molar-refractivity contribution in [3.63, 3.8) is 0 Å². The Morgan fingerprint density at radius 2 is 2.00 bits per heavy atom. The molecule has 0 unspecified atom stereocenters. The zero-order valence-corrected chi connectivity index (χ0v) is 14.8. The predicted molar refractivity (Wildman–Crippen MR) is 94.1 cm³/mol. The third-order valence-corrected chi connectivity index (χ3v) is 4.93. The molecule has 128 valence electrons. The van der Waals surface area contributed by atoms with Gasteiger partial charge in [-0.15, -0.1) is 0 Å². The van der Waals surface area contributed by atoms with Crippen molar-refractivity contribution in [1.82, 2.24) is 4.90 Å². The van der Waals surface area contributed by atoms with Gasteiger partial charge in [0.25, 0.3) is 0 Å². The number of rotatable bonds is 6. The molecule has 0 radical (unpaired) electrons. The molecule has 1 aromatic rings. The molecule has 1 heterocycles. The summed E-state index contributed by atoms with van der Waals surface area (Å²) in [6.07, 6.45) is 5.50. The Morgan fingerprint density at radius 1 is 1.35 bits per heavy atom. The van der Waals surface area contributed by atoms with Gasteiger partial charge in [0.05, 0.1) is 6.61 Å². The summed E-state index contributed by atoms with van der Waals surface area (Å²) in [5.41, 5.74) is 2.41. The van der Waals surface area contributed by atoms with E-state index in [1.54, 1.807) is 12.1 Å². The Hall–Kier alpha value is -1.19. The molecule has 0 spiro atoms. The van der Waals surface area contributed by atoms with E-state index < -0.39 is 0 Å². The number of hydrogen-bond acceptors (Lipinski definition) is 2. The van der Waals surface area contributed by atoms with E-state index in [1.165, 1.54) is 5.57 Å². The van der Waals surface area contributed by atoms with E-state index in [0.29, 0.717) is 6.04 Å². The highest BCUT2D eigenvalue weighted by molar-refractivity contribution is 5.25. The van der Waals surface area contributed by atoms with Crippen molar-refractivity contribution < 1.29 is 9.50 Å². The van der Waals surface area contributed by atoms with E-state index in [9.17, 15) is 9.50 Å². The van der Waals surface area contributed by atoms with Crippen LogP contribution >= 0.6 is 0 Å². The average Bonchev–Trinajstić information content (AvgIpc) is 2.94. The van der Waals surface area contributed by atoms with Gasteiger partial charge in [0.1, 0.15) is 5.82 Å². The minimum Gasteiger partial charge on any atom is -0.395 e. The summed E-state index contributed by atoms with van der Waals surface area (Å²) in [7, 11) is 0. The van der Waals surface area contributed by atoms with Crippen LogP contribution in [-0.2, 0) is 5.41 Å². The van der Waals surface area contributed by atoms with Crippen molar-refractivity contribution in [2.45, 2.75) is 64.5 Å². The Balaban J connectivity index is 2.22. The van der Waals surface area contributed by atoms with Crippen LogP contribution in [0.15, 0.2) is 35.9 Å². The summed E-state index contributed by atoms with van der Waals surface area (Å²) in [5.74, 6) is -0.190. The standard InChI is InChI=1S/C20H30FNO/c1-15(2)12-19(22-11-5-6-18(22)14-23)13-20(3,4)16-7-9-17(21)10-8-16/h7-10,12,18-19,23H,5-6,11,13-14H2,1-4H3/t18-,19-/m1/s1. The second-order valence-electron chi connectivity index (χ2n) is 7.62. The molecule has 0 saturated carbocycles. The van der Waals surface area contributed by atoms with Crippen LogP contribution in [0.2, 0.25) is 0 Å². The Labute approximate surface area is 140 Å². The maximum atomic E-state index is 13.2. The van der Waals surface area contributed by atoms with Gasteiger partial charge in [0.2, 0.25) is 0 Å². The lowest BCUT2D eigenvalue weighted by atomic mass is 9.78. The number of aliphatic hydroxyl groups excluding tert-OH is 1. The Bertz CT molecular complexity index is 531. The first-order chi connectivity index (χ1) is 10.8. The van der Waals surface area contributed by atoms with Crippen LogP contribution in [0.3, 0.4) is 0 Å². The number of likely N-dealkylation sites (tertiary alicyclic amines) is 1. The SMILES string of the molecule is CC(C)=C[C@H](CC(C)(C)c1ccc(F)cc1)N1CCC[C@@H]1CO. The molecule has 0 aliphatic carbocycles. The number of halogens is 1. The summed E-state index contributed by atoms with van der Waals surface area (Å²) >= 11 is 0. The number of aliphatic hydroxyl groups is 1. The molecule has 1 fully saturated rings. The van der Waals surface area contributed by atoms with E-state index in [-0.39, 0.29) is 23.9 Å². The predicted octanol–water partition coefficient (Wildman–Crippen LogP) is 4.28. The van der Waals surface area contributed by atoms with Gasteiger partial charge in [-0.05, 0) is 62.8 Å². The van der Waals surface area contributed by atoms with Crippen molar-refractivity contribution in [2.24, 2.45) is 0 Å². The molecule has 1 aliphatic heterocycles. The average molecular weight is 319 g/mol. The fourth-order valence-corrected chi connectivity index (χ4v) is 3.69. The summed E-state index contributed by atoms with van der Waals surface area (Å²) in [5, 5.41) is 9.66. The first-order valence-electron chi connectivity index (χ1n) is 8.61. The molecule has 1 aromatic carbocycles. The van der Waals surface area contributed by atoms with Crippen LogP contribution in [0.5, 0.6) is 0 Å². The first kappa shape index (κ1) is 18.2. The highest BCUT2D eigenvalue weighted by Gasteiger charge is 2.33. The van der Waals surface area contributed by atoms with Gasteiger partial charge >= 0.3 is 0 Å². The van der Waals surface area contributed by atoms with Crippen LogP contribution in [0.25, 0.3) is 0 Å². The third-order valence-electron chi connectivity index (χ3n) is 4.93. The molecule has 1 saturated heterocycles. The second-order valence-corrected chi connectivity index (χ2v) is 7.62. The molecular weight excluding hydrogens is 289 g/mol. The number of allylic oxidation sites excluding steroid dienone is 1. The molecule has 23 heavy (non-hydrogen) atoms. The van der Waals surface area contributed by atoms with Crippen LogP contribution in [0.1, 0.15) is 52.5 Å². The zero-order chi connectivity index (χ0) is 17.0. The molecule has 1 aliphatic rings. The summed E-state index contributed by atoms with van der Waals surface area (Å²) in [6, 6.07) is 7.43. The molecule has 1 N–H and O–H groups in total. The van der Waals surface area contributed by atoms with Crippen molar-refractivity contribution in [3.8, 4) is 0 Å². The quantitative estimate of drug-likeness (QED) is 0.791. The van der Waals surface area contributed by atoms with Gasteiger partial charge < -0.3 is 5.11 Å². The van der Waals surface area contributed by atoms with Gasteiger partial charge in [0, 0.05) is 12.1 Å². The highest BCUT2D eigenvalue weighted by Crippen LogP contribution is 2.33. The van der Waals surface area contributed by atoms with Crippen LogP contribution in [0, 0.1) is 5.82 Å². The summed E-state index contributed by atoms with van der Waals surface area (Å²) < 4.78 is 13.2. The highest BCUT2D eigenvalue weighted by atomic mass is 19.1. The van der Waals surface area contributed by atoms with Crippen molar-refractivity contribution in [2.75, 3.05) is 13.2 Å². The van der Waals surface area contributed by atoms with Gasteiger partial charge in [0.15, 0.2) is 0 Å². The zero-order valence-electron chi connectivity index (χ0n) is 14.8. The van der Waals surface area contributed by atoms with E-state index >= 15 is 0 Å². The van der Waals surface area contributed by atoms with Gasteiger partial charge in [-0.3, -0.25) is 4.90 Å². The first-order valence-corrected chi connectivity index (χ1v) is 8.61.